The molecule has 3 N–H and O–H groups in total. The van der Waals surface area contributed by atoms with E-state index in [2.05, 4.69) is 15.3 Å². The van der Waals surface area contributed by atoms with Crippen molar-refractivity contribution in [3.63, 3.8) is 0 Å². The van der Waals surface area contributed by atoms with E-state index in [1.54, 1.807) is 6.92 Å². The smallest absolute Gasteiger partial charge is 0.160 e. The van der Waals surface area contributed by atoms with Crippen molar-refractivity contribution in [3.8, 4) is 0 Å². The van der Waals surface area contributed by atoms with E-state index in [4.69, 9.17) is 28.9 Å². The van der Waals surface area contributed by atoms with Gasteiger partial charge in [-0.15, -0.1) is 0 Å². The van der Waals surface area contributed by atoms with E-state index in [1.165, 1.54) is 18.5 Å². The normalized spacial score (nSPS) is 10.4. The minimum absolute atomic E-state index is 0.0651. The first-order chi connectivity index (χ1) is 8.49. The number of anilines is 3. The maximum absolute atomic E-state index is 13.3. The number of hydrogen-bond acceptors (Lipinski definition) is 4. The van der Waals surface area contributed by atoms with Crippen molar-refractivity contribution < 1.29 is 4.39 Å². The van der Waals surface area contributed by atoms with Gasteiger partial charge in [0.2, 0.25) is 0 Å². The van der Waals surface area contributed by atoms with Crippen LogP contribution in [0.4, 0.5) is 21.7 Å². The summed E-state index contributed by atoms with van der Waals surface area (Å²) in [5, 5.41) is 2.83. The molecule has 0 atom stereocenters. The Hall–Kier alpha value is -1.59. The lowest BCUT2D eigenvalue weighted by Crippen LogP contribution is -2.02. The summed E-state index contributed by atoms with van der Waals surface area (Å²) in [6, 6.07) is 2.83. The van der Waals surface area contributed by atoms with Crippen molar-refractivity contribution in [1.29, 1.82) is 0 Å². The summed E-state index contributed by atoms with van der Waals surface area (Å²) in [5.41, 5.74) is 6.86. The zero-order chi connectivity index (χ0) is 13.3. The van der Waals surface area contributed by atoms with Crippen molar-refractivity contribution >= 4 is 40.5 Å². The van der Waals surface area contributed by atoms with Gasteiger partial charge in [0.1, 0.15) is 18.0 Å². The molecule has 18 heavy (non-hydrogen) atoms. The van der Waals surface area contributed by atoms with Crippen LogP contribution in [-0.4, -0.2) is 9.97 Å². The molecule has 0 amide bonds. The summed E-state index contributed by atoms with van der Waals surface area (Å²) in [4.78, 5) is 7.88. The highest BCUT2D eigenvalue weighted by Gasteiger charge is 2.09. The molecule has 0 fully saturated rings. The molecule has 0 bridgehead atoms. The summed E-state index contributed by atoms with van der Waals surface area (Å²) in [7, 11) is 0. The Morgan fingerprint density at radius 2 is 1.83 bits per heavy atom. The number of nitrogens with zero attached hydrogens (tertiary/aromatic N) is 2. The third kappa shape index (κ3) is 2.47. The minimum atomic E-state index is -0.650. The second-order valence-corrected chi connectivity index (χ2v) is 4.43. The number of aromatic nitrogens is 2. The second kappa shape index (κ2) is 4.96. The molecule has 1 aromatic carbocycles. The van der Waals surface area contributed by atoms with Crippen LogP contribution in [0.2, 0.25) is 10.0 Å². The van der Waals surface area contributed by atoms with Crippen LogP contribution in [0.15, 0.2) is 18.5 Å². The van der Waals surface area contributed by atoms with Gasteiger partial charge in [0.05, 0.1) is 10.0 Å². The minimum Gasteiger partial charge on any atom is -0.383 e. The predicted molar refractivity (Wildman–Crippen MR) is 70.9 cm³/mol. The SMILES string of the molecule is Cc1c(N)ncnc1Nc1cc(Cl)c(F)c(Cl)c1. The van der Waals surface area contributed by atoms with Crippen LogP contribution in [0, 0.1) is 12.7 Å². The third-order valence-corrected chi connectivity index (χ3v) is 2.92. The lowest BCUT2D eigenvalue weighted by atomic mass is 10.2. The molecule has 2 rings (SSSR count). The molecule has 0 aliphatic carbocycles. The Bertz CT molecular complexity index is 581. The van der Waals surface area contributed by atoms with E-state index in [0.29, 0.717) is 22.9 Å². The van der Waals surface area contributed by atoms with Gasteiger partial charge in [0.25, 0.3) is 0 Å². The number of halogens is 3. The van der Waals surface area contributed by atoms with Crippen LogP contribution in [0.5, 0.6) is 0 Å². The number of hydrogen-bond donors (Lipinski definition) is 2. The first kappa shape index (κ1) is 12.9. The highest BCUT2D eigenvalue weighted by atomic mass is 35.5. The van der Waals surface area contributed by atoms with Crippen LogP contribution in [0.1, 0.15) is 5.56 Å². The van der Waals surface area contributed by atoms with Crippen LogP contribution >= 0.6 is 23.2 Å². The van der Waals surface area contributed by atoms with Crippen LogP contribution in [-0.2, 0) is 0 Å². The average molecular weight is 287 g/mol. The maximum Gasteiger partial charge on any atom is 0.160 e. The van der Waals surface area contributed by atoms with E-state index in [0.717, 1.165) is 0 Å². The average Bonchev–Trinajstić information content (AvgIpc) is 2.32. The molecule has 1 heterocycles. The predicted octanol–water partition coefficient (Wildman–Crippen LogP) is 3.56. The maximum atomic E-state index is 13.3. The highest BCUT2D eigenvalue weighted by Crippen LogP contribution is 2.29. The van der Waals surface area contributed by atoms with E-state index in [-0.39, 0.29) is 10.0 Å². The molecule has 0 aliphatic heterocycles. The van der Waals surface area contributed by atoms with E-state index in [9.17, 15) is 4.39 Å². The van der Waals surface area contributed by atoms with Crippen molar-refractivity contribution in [2.24, 2.45) is 0 Å². The van der Waals surface area contributed by atoms with Gasteiger partial charge in [-0.05, 0) is 19.1 Å². The van der Waals surface area contributed by atoms with Crippen LogP contribution in [0.25, 0.3) is 0 Å². The summed E-state index contributed by atoms with van der Waals surface area (Å²) in [5.74, 6) is 0.232. The van der Waals surface area contributed by atoms with E-state index in [1.807, 2.05) is 0 Å². The monoisotopic (exact) mass is 286 g/mol. The van der Waals surface area contributed by atoms with E-state index >= 15 is 0 Å². The largest absolute Gasteiger partial charge is 0.383 e. The van der Waals surface area contributed by atoms with Gasteiger partial charge in [-0.1, -0.05) is 23.2 Å². The highest BCUT2D eigenvalue weighted by molar-refractivity contribution is 6.35. The van der Waals surface area contributed by atoms with Gasteiger partial charge >= 0.3 is 0 Å². The van der Waals surface area contributed by atoms with Gasteiger partial charge < -0.3 is 11.1 Å². The molecule has 0 saturated carbocycles. The fourth-order valence-electron chi connectivity index (χ4n) is 1.35. The Morgan fingerprint density at radius 3 is 2.44 bits per heavy atom. The Balaban J connectivity index is 2.37. The zero-order valence-corrected chi connectivity index (χ0v) is 10.8. The number of nitrogens with two attached hydrogens (primary N) is 1. The molecule has 1 aromatic heterocycles. The summed E-state index contributed by atoms with van der Waals surface area (Å²) >= 11 is 11.4. The second-order valence-electron chi connectivity index (χ2n) is 3.61. The van der Waals surface area contributed by atoms with Gasteiger partial charge in [0, 0.05) is 11.3 Å². The standard InChI is InChI=1S/C11H9Cl2FN4/c1-5-10(15)16-4-17-11(5)18-6-2-7(12)9(14)8(13)3-6/h2-4H,1H3,(H3,15,16,17,18). The third-order valence-electron chi connectivity index (χ3n) is 2.37. The van der Waals surface area contributed by atoms with Crippen LogP contribution < -0.4 is 11.1 Å². The van der Waals surface area contributed by atoms with Gasteiger partial charge in [-0.3, -0.25) is 0 Å². The molecule has 0 radical (unpaired) electrons. The van der Waals surface area contributed by atoms with Gasteiger partial charge in [-0.2, -0.15) is 0 Å². The fraction of sp³-hybridized carbons (Fsp3) is 0.0909. The summed E-state index contributed by atoms with van der Waals surface area (Å²) in [6.45, 7) is 1.77. The Labute approximate surface area is 113 Å². The lowest BCUT2D eigenvalue weighted by molar-refractivity contribution is 0.629. The zero-order valence-electron chi connectivity index (χ0n) is 9.34. The van der Waals surface area contributed by atoms with Crippen molar-refractivity contribution in [1.82, 2.24) is 9.97 Å². The van der Waals surface area contributed by atoms with Crippen LogP contribution in [0.3, 0.4) is 0 Å². The molecule has 94 valence electrons. The van der Waals surface area contributed by atoms with E-state index < -0.39 is 5.82 Å². The molecule has 0 saturated heterocycles. The molecule has 0 aliphatic rings. The van der Waals surface area contributed by atoms with Crippen molar-refractivity contribution in [2.45, 2.75) is 6.92 Å². The molecular weight excluding hydrogens is 278 g/mol. The number of benzene rings is 1. The molecule has 7 heteroatoms. The topological polar surface area (TPSA) is 63.8 Å². The number of nitrogens with one attached hydrogen (secondary N) is 1. The molecule has 4 nitrogen and oxygen atoms in total. The summed E-state index contributed by atoms with van der Waals surface area (Å²) < 4.78 is 13.3. The molecule has 0 unspecified atom stereocenters. The quantitative estimate of drug-likeness (QED) is 0.829. The van der Waals surface area contributed by atoms with Crippen molar-refractivity contribution in [2.75, 3.05) is 11.1 Å². The number of nitrogen functional groups attached to an aromatic ring is 1. The first-order valence-corrected chi connectivity index (χ1v) is 5.73. The summed E-state index contributed by atoms with van der Waals surface area (Å²) in [6.07, 6.45) is 1.33. The fourth-order valence-corrected chi connectivity index (χ4v) is 1.84. The Kier molecular flexibility index (Phi) is 3.54. The first-order valence-electron chi connectivity index (χ1n) is 4.97. The molecule has 0 spiro atoms. The molecule has 2 aromatic rings. The Morgan fingerprint density at radius 1 is 1.22 bits per heavy atom. The van der Waals surface area contributed by atoms with Gasteiger partial charge in [-0.25, -0.2) is 14.4 Å². The van der Waals surface area contributed by atoms with Crippen molar-refractivity contribution in [3.05, 3.63) is 39.9 Å². The van der Waals surface area contributed by atoms with Gasteiger partial charge in [0.15, 0.2) is 5.82 Å². The lowest BCUT2D eigenvalue weighted by Gasteiger charge is -2.10. The number of rotatable bonds is 2. The molecular formula is C11H9Cl2FN4.